The lowest BCUT2D eigenvalue weighted by atomic mass is 9.81. The van der Waals surface area contributed by atoms with Crippen LogP contribution in [0.4, 0.5) is 5.95 Å². The van der Waals surface area contributed by atoms with Gasteiger partial charge < -0.3 is 20.5 Å². The van der Waals surface area contributed by atoms with Crippen molar-refractivity contribution in [2.45, 2.75) is 64.0 Å². The highest BCUT2D eigenvalue weighted by Gasteiger charge is 2.24. The van der Waals surface area contributed by atoms with Crippen molar-refractivity contribution >= 4 is 16.7 Å². The number of aryl methyl sites for hydroxylation is 1. The molecule has 39 heavy (non-hydrogen) atoms. The molecule has 0 bridgehead atoms. The maximum absolute atomic E-state index is 10.6. The number of ether oxygens (including phenoxy) is 1. The zero-order valence-corrected chi connectivity index (χ0v) is 22.6. The van der Waals surface area contributed by atoms with Crippen molar-refractivity contribution < 1.29 is 9.84 Å². The molecule has 0 amide bonds. The van der Waals surface area contributed by atoms with Gasteiger partial charge in [-0.2, -0.15) is 0 Å². The highest BCUT2D eigenvalue weighted by atomic mass is 16.5. The van der Waals surface area contributed by atoms with E-state index in [1.807, 2.05) is 18.2 Å². The Hall–Kier alpha value is -3.55. The Kier molecular flexibility index (Phi) is 7.70. The summed E-state index contributed by atoms with van der Waals surface area (Å²) >= 11 is 0. The van der Waals surface area contributed by atoms with Crippen LogP contribution in [-0.4, -0.2) is 45.3 Å². The third-order valence-electron chi connectivity index (χ3n) is 8.18. The summed E-state index contributed by atoms with van der Waals surface area (Å²) in [5.74, 6) is 2.25. The molecule has 1 aliphatic carbocycles. The zero-order valence-electron chi connectivity index (χ0n) is 22.6. The molecular formula is C32H37N5O2. The van der Waals surface area contributed by atoms with Crippen LogP contribution in [0.5, 0.6) is 11.6 Å². The van der Waals surface area contributed by atoms with Gasteiger partial charge in [0.1, 0.15) is 5.75 Å². The summed E-state index contributed by atoms with van der Waals surface area (Å²) in [5.41, 5.74) is 3.89. The maximum atomic E-state index is 10.6. The number of anilines is 1. The van der Waals surface area contributed by atoms with Gasteiger partial charge in [-0.25, -0.2) is 15.0 Å². The standard InChI is InChI=1S/C32H37N5O2/c1-21-13-14-25-22(19-23-7-2-3-12-29(23)38)8-4-10-26(25)30(21)39-31-27(11-6-17-34-31)28-15-18-35-32(37-28)36-24-9-5-16-33-20-24/h4,6,8,10-11,13-15,17-18,23-24,29,33,38H,2-3,5,7,9,12,16,19-20H2,1H3,(H,35,36,37)/t23?,24-,29+/m0/s1. The molecule has 7 heteroatoms. The number of aliphatic hydroxyl groups excluding tert-OH is 1. The molecule has 202 valence electrons. The van der Waals surface area contributed by atoms with Crippen LogP contribution in [0.2, 0.25) is 0 Å². The van der Waals surface area contributed by atoms with E-state index in [1.165, 1.54) is 17.4 Å². The number of aliphatic hydroxyl groups is 1. The maximum Gasteiger partial charge on any atom is 0.228 e. The summed E-state index contributed by atoms with van der Waals surface area (Å²) in [6.07, 6.45) is 10.8. The summed E-state index contributed by atoms with van der Waals surface area (Å²) < 4.78 is 6.61. The second-order valence-electron chi connectivity index (χ2n) is 11.0. The molecular weight excluding hydrogens is 486 g/mol. The van der Waals surface area contributed by atoms with Gasteiger partial charge in [0, 0.05) is 30.4 Å². The molecule has 3 N–H and O–H groups in total. The second-order valence-corrected chi connectivity index (χ2v) is 11.0. The number of piperidine rings is 1. The topological polar surface area (TPSA) is 92.2 Å². The highest BCUT2D eigenvalue weighted by Crippen LogP contribution is 2.38. The van der Waals surface area contributed by atoms with Gasteiger partial charge in [0.25, 0.3) is 0 Å². The van der Waals surface area contributed by atoms with E-state index in [1.54, 1.807) is 12.4 Å². The lowest BCUT2D eigenvalue weighted by molar-refractivity contribution is 0.0702. The van der Waals surface area contributed by atoms with Crippen LogP contribution in [0.3, 0.4) is 0 Å². The third kappa shape index (κ3) is 5.75. The molecule has 1 saturated carbocycles. The van der Waals surface area contributed by atoms with Crippen LogP contribution in [0.1, 0.15) is 49.7 Å². The fourth-order valence-corrected chi connectivity index (χ4v) is 6.03. The number of aromatic nitrogens is 3. The zero-order chi connectivity index (χ0) is 26.6. The Morgan fingerprint density at radius 2 is 1.87 bits per heavy atom. The van der Waals surface area contributed by atoms with E-state index in [0.717, 1.165) is 79.6 Å². The summed E-state index contributed by atoms with van der Waals surface area (Å²) in [6, 6.07) is 16.8. The second kappa shape index (κ2) is 11.7. The number of pyridine rings is 1. The Morgan fingerprint density at radius 1 is 0.949 bits per heavy atom. The monoisotopic (exact) mass is 523 g/mol. The quantitative estimate of drug-likeness (QED) is 0.272. The normalized spacial score (nSPS) is 21.5. The lowest BCUT2D eigenvalue weighted by Crippen LogP contribution is -2.38. The van der Waals surface area contributed by atoms with Crippen LogP contribution in [0.15, 0.2) is 60.9 Å². The summed E-state index contributed by atoms with van der Waals surface area (Å²) in [6.45, 7) is 4.05. The third-order valence-corrected chi connectivity index (χ3v) is 8.18. The number of rotatable bonds is 7. The minimum atomic E-state index is -0.215. The molecule has 2 aromatic heterocycles. The van der Waals surface area contributed by atoms with Crippen molar-refractivity contribution in [1.29, 1.82) is 0 Å². The number of hydrogen-bond acceptors (Lipinski definition) is 7. The summed E-state index contributed by atoms with van der Waals surface area (Å²) in [7, 11) is 0. The SMILES string of the molecule is Cc1ccc2c(CC3CCCC[C@H]3O)cccc2c1Oc1ncccc1-c1ccnc(N[C@H]2CCCNC2)n1. The van der Waals surface area contributed by atoms with Gasteiger partial charge in [-0.1, -0.05) is 43.2 Å². The average Bonchev–Trinajstić information content (AvgIpc) is 2.97. The van der Waals surface area contributed by atoms with E-state index in [9.17, 15) is 5.11 Å². The summed E-state index contributed by atoms with van der Waals surface area (Å²) in [4.78, 5) is 13.9. The Bertz CT molecular complexity index is 1440. The predicted molar refractivity (Wildman–Crippen MR) is 155 cm³/mol. The Balaban J connectivity index is 1.31. The Labute approximate surface area is 230 Å². The van der Waals surface area contributed by atoms with E-state index in [0.29, 0.717) is 23.8 Å². The molecule has 4 aromatic rings. The summed E-state index contributed by atoms with van der Waals surface area (Å²) in [5, 5.41) is 19.7. The van der Waals surface area contributed by atoms with Gasteiger partial charge in [-0.15, -0.1) is 0 Å². The number of fused-ring (bicyclic) bond motifs is 1. The van der Waals surface area contributed by atoms with Gasteiger partial charge in [0.2, 0.25) is 11.8 Å². The smallest absolute Gasteiger partial charge is 0.228 e. The number of nitrogens with zero attached hydrogens (tertiary/aromatic N) is 3. The van der Waals surface area contributed by atoms with Crippen molar-refractivity contribution in [3.63, 3.8) is 0 Å². The number of hydrogen-bond donors (Lipinski definition) is 3. The lowest BCUT2D eigenvalue weighted by Gasteiger charge is -2.28. The first kappa shape index (κ1) is 25.7. The fourth-order valence-electron chi connectivity index (χ4n) is 6.03. The van der Waals surface area contributed by atoms with Crippen molar-refractivity contribution in [3.8, 4) is 22.9 Å². The molecule has 2 aromatic carbocycles. The van der Waals surface area contributed by atoms with Crippen molar-refractivity contribution in [2.24, 2.45) is 5.92 Å². The van der Waals surface area contributed by atoms with Crippen molar-refractivity contribution in [3.05, 3.63) is 72.1 Å². The highest BCUT2D eigenvalue weighted by molar-refractivity contribution is 5.92. The van der Waals surface area contributed by atoms with Crippen molar-refractivity contribution in [1.82, 2.24) is 20.3 Å². The number of benzene rings is 2. The predicted octanol–water partition coefficient (Wildman–Crippen LogP) is 6.05. The van der Waals surface area contributed by atoms with Crippen LogP contribution in [0.25, 0.3) is 22.0 Å². The molecule has 7 nitrogen and oxygen atoms in total. The molecule has 1 saturated heterocycles. The Morgan fingerprint density at radius 3 is 2.74 bits per heavy atom. The molecule has 1 unspecified atom stereocenters. The van der Waals surface area contributed by atoms with E-state index in [4.69, 9.17) is 9.72 Å². The van der Waals surface area contributed by atoms with E-state index < -0.39 is 0 Å². The van der Waals surface area contributed by atoms with E-state index in [-0.39, 0.29) is 6.10 Å². The fraction of sp³-hybridized carbons (Fsp3) is 0.406. The molecule has 0 spiro atoms. The van der Waals surface area contributed by atoms with Crippen LogP contribution >= 0.6 is 0 Å². The first-order chi connectivity index (χ1) is 19.2. The molecule has 2 aliphatic rings. The van der Waals surface area contributed by atoms with Gasteiger partial charge in [0.15, 0.2) is 0 Å². The molecule has 3 atom stereocenters. The molecule has 3 heterocycles. The van der Waals surface area contributed by atoms with Crippen molar-refractivity contribution in [2.75, 3.05) is 18.4 Å². The molecule has 6 rings (SSSR count). The molecule has 1 aliphatic heterocycles. The van der Waals surface area contributed by atoms with Gasteiger partial charge in [0.05, 0.1) is 17.4 Å². The molecule has 0 radical (unpaired) electrons. The largest absolute Gasteiger partial charge is 0.437 e. The van der Waals surface area contributed by atoms with E-state index >= 15 is 0 Å². The van der Waals surface area contributed by atoms with Crippen LogP contribution < -0.4 is 15.4 Å². The average molecular weight is 524 g/mol. The minimum absolute atomic E-state index is 0.215. The van der Waals surface area contributed by atoms with Crippen LogP contribution in [-0.2, 0) is 6.42 Å². The van der Waals surface area contributed by atoms with Gasteiger partial charge >= 0.3 is 0 Å². The first-order valence-corrected chi connectivity index (χ1v) is 14.3. The number of nitrogens with one attached hydrogen (secondary N) is 2. The molecule has 2 fully saturated rings. The first-order valence-electron chi connectivity index (χ1n) is 14.3. The minimum Gasteiger partial charge on any atom is -0.437 e. The van der Waals surface area contributed by atoms with Gasteiger partial charge in [-0.05, 0) is 86.2 Å². The van der Waals surface area contributed by atoms with Crippen LogP contribution in [0, 0.1) is 12.8 Å². The van der Waals surface area contributed by atoms with Gasteiger partial charge in [-0.3, -0.25) is 0 Å². The van der Waals surface area contributed by atoms with E-state index in [2.05, 4.69) is 57.9 Å².